The van der Waals surface area contributed by atoms with E-state index in [1.807, 2.05) is 4.90 Å². The van der Waals surface area contributed by atoms with Crippen LogP contribution in [0.5, 0.6) is 0 Å². The first-order valence-corrected chi connectivity index (χ1v) is 7.84. The fourth-order valence-corrected chi connectivity index (χ4v) is 2.70. The molecule has 3 rings (SSSR count). The Morgan fingerprint density at radius 1 is 1.16 bits per heavy atom. The lowest BCUT2D eigenvalue weighted by Crippen LogP contribution is -2.31. The molecular formula is C19H15F2N3O. The number of allylic oxidation sites excluding steroid dienone is 1. The molecule has 1 aromatic heterocycles. The molecule has 2 heterocycles. The van der Waals surface area contributed by atoms with Gasteiger partial charge in [-0.3, -0.25) is 0 Å². The number of rotatable bonds is 2. The van der Waals surface area contributed by atoms with Crippen LogP contribution in [-0.4, -0.2) is 18.1 Å². The minimum atomic E-state index is -0.639. The Hall–Kier alpha value is -3.07. The van der Waals surface area contributed by atoms with Gasteiger partial charge in [-0.1, -0.05) is 17.4 Å². The van der Waals surface area contributed by atoms with E-state index in [-0.39, 0.29) is 0 Å². The lowest BCUT2D eigenvalue weighted by molar-refractivity contribution is 0.582. The van der Waals surface area contributed by atoms with Gasteiger partial charge in [0.25, 0.3) is 0 Å². The Labute approximate surface area is 144 Å². The average molecular weight is 339 g/mol. The van der Waals surface area contributed by atoms with Gasteiger partial charge in [-0.05, 0) is 48.4 Å². The SMILES string of the molecule is O=Nc1cccnc1N1CCC(=CC#Cc2cc(F)cc(F)c2)CC1. The second-order valence-corrected chi connectivity index (χ2v) is 5.65. The van der Waals surface area contributed by atoms with Crippen molar-refractivity contribution in [3.8, 4) is 11.8 Å². The van der Waals surface area contributed by atoms with E-state index < -0.39 is 11.6 Å². The molecule has 1 fully saturated rings. The van der Waals surface area contributed by atoms with Crippen LogP contribution in [0.3, 0.4) is 0 Å². The zero-order valence-electron chi connectivity index (χ0n) is 13.4. The van der Waals surface area contributed by atoms with Crippen molar-refractivity contribution in [3.63, 3.8) is 0 Å². The number of pyridine rings is 1. The van der Waals surface area contributed by atoms with Crippen molar-refractivity contribution in [3.05, 3.63) is 70.3 Å². The van der Waals surface area contributed by atoms with E-state index in [1.54, 1.807) is 24.4 Å². The molecule has 1 saturated heterocycles. The lowest BCUT2D eigenvalue weighted by Gasteiger charge is -2.29. The highest BCUT2D eigenvalue weighted by atomic mass is 19.1. The van der Waals surface area contributed by atoms with Gasteiger partial charge in [0.1, 0.15) is 17.3 Å². The third-order valence-corrected chi connectivity index (χ3v) is 3.92. The molecule has 2 aromatic rings. The summed E-state index contributed by atoms with van der Waals surface area (Å²) in [6.07, 6.45) is 4.98. The summed E-state index contributed by atoms with van der Waals surface area (Å²) in [7, 11) is 0. The van der Waals surface area contributed by atoms with Crippen LogP contribution in [0.25, 0.3) is 0 Å². The van der Waals surface area contributed by atoms with Crippen molar-refractivity contribution in [1.29, 1.82) is 0 Å². The van der Waals surface area contributed by atoms with Crippen LogP contribution in [0.15, 0.2) is 53.4 Å². The van der Waals surface area contributed by atoms with Gasteiger partial charge in [0.15, 0.2) is 5.82 Å². The van der Waals surface area contributed by atoms with Crippen LogP contribution in [-0.2, 0) is 0 Å². The van der Waals surface area contributed by atoms with Crippen LogP contribution in [0.4, 0.5) is 20.3 Å². The Morgan fingerprint density at radius 2 is 1.88 bits per heavy atom. The largest absolute Gasteiger partial charge is 0.354 e. The highest BCUT2D eigenvalue weighted by molar-refractivity contribution is 5.61. The molecule has 0 saturated carbocycles. The molecule has 0 unspecified atom stereocenters. The second kappa shape index (κ2) is 7.67. The molecule has 25 heavy (non-hydrogen) atoms. The molecule has 0 radical (unpaired) electrons. The van der Waals surface area contributed by atoms with Gasteiger partial charge in [0.2, 0.25) is 0 Å². The summed E-state index contributed by atoms with van der Waals surface area (Å²) < 4.78 is 26.2. The number of aromatic nitrogens is 1. The van der Waals surface area contributed by atoms with E-state index in [4.69, 9.17) is 0 Å². The van der Waals surface area contributed by atoms with Crippen molar-refractivity contribution in [2.24, 2.45) is 5.18 Å². The van der Waals surface area contributed by atoms with Crippen molar-refractivity contribution >= 4 is 11.5 Å². The van der Waals surface area contributed by atoms with E-state index in [1.165, 1.54) is 12.1 Å². The molecule has 0 amide bonds. The van der Waals surface area contributed by atoms with Crippen LogP contribution in [0, 0.1) is 28.4 Å². The predicted molar refractivity (Wildman–Crippen MR) is 92.5 cm³/mol. The topological polar surface area (TPSA) is 45.6 Å². The van der Waals surface area contributed by atoms with E-state index in [0.717, 1.165) is 24.5 Å². The monoisotopic (exact) mass is 339 g/mol. The van der Waals surface area contributed by atoms with Gasteiger partial charge in [0, 0.05) is 30.9 Å². The molecule has 4 nitrogen and oxygen atoms in total. The standard InChI is InChI=1S/C19H15F2N3O/c20-16-11-15(12-17(21)13-16)4-1-3-14-6-9-24(10-7-14)19-18(23-25)5-2-8-22-19/h2-3,5,8,11-13H,6-7,9-10H2. The fourth-order valence-electron chi connectivity index (χ4n) is 2.70. The van der Waals surface area contributed by atoms with Gasteiger partial charge in [-0.25, -0.2) is 13.8 Å². The van der Waals surface area contributed by atoms with Crippen molar-refractivity contribution in [2.45, 2.75) is 12.8 Å². The van der Waals surface area contributed by atoms with Gasteiger partial charge in [-0.2, -0.15) is 0 Å². The number of hydrogen-bond donors (Lipinski definition) is 0. The molecule has 0 atom stereocenters. The summed E-state index contributed by atoms with van der Waals surface area (Å²) in [5.74, 6) is 4.92. The van der Waals surface area contributed by atoms with E-state index >= 15 is 0 Å². The quantitative estimate of drug-likeness (QED) is 0.604. The maximum Gasteiger partial charge on any atom is 0.158 e. The second-order valence-electron chi connectivity index (χ2n) is 5.65. The maximum absolute atomic E-state index is 13.1. The summed E-state index contributed by atoms with van der Waals surface area (Å²) in [5, 5.41) is 3.01. The Kier molecular flexibility index (Phi) is 5.14. The van der Waals surface area contributed by atoms with E-state index in [0.29, 0.717) is 30.2 Å². The number of halogens is 2. The van der Waals surface area contributed by atoms with Gasteiger partial charge in [0.05, 0.1) is 0 Å². The molecular weight excluding hydrogens is 324 g/mol. The zero-order valence-corrected chi connectivity index (χ0v) is 13.4. The van der Waals surface area contributed by atoms with Gasteiger partial charge in [-0.15, -0.1) is 4.91 Å². The first-order chi connectivity index (χ1) is 12.2. The summed E-state index contributed by atoms with van der Waals surface area (Å²) in [4.78, 5) is 17.1. The molecule has 0 N–H and O–H groups in total. The normalized spacial score (nSPS) is 13.8. The maximum atomic E-state index is 13.1. The molecule has 0 bridgehead atoms. The van der Waals surface area contributed by atoms with Crippen molar-refractivity contribution in [2.75, 3.05) is 18.0 Å². The highest BCUT2D eigenvalue weighted by Gasteiger charge is 2.18. The summed E-state index contributed by atoms with van der Waals surface area (Å²) in [6.45, 7) is 1.42. The Balaban J connectivity index is 1.65. The summed E-state index contributed by atoms with van der Waals surface area (Å²) in [6, 6.07) is 6.54. The minimum absolute atomic E-state index is 0.307. The Morgan fingerprint density at radius 3 is 2.56 bits per heavy atom. The van der Waals surface area contributed by atoms with Gasteiger partial charge < -0.3 is 4.90 Å². The number of piperidine rings is 1. The molecule has 1 aliphatic heterocycles. The number of benzene rings is 1. The summed E-state index contributed by atoms with van der Waals surface area (Å²) in [5.41, 5.74) is 1.79. The molecule has 0 spiro atoms. The first kappa shape index (κ1) is 16.8. The van der Waals surface area contributed by atoms with Crippen molar-refractivity contribution < 1.29 is 8.78 Å². The smallest absolute Gasteiger partial charge is 0.158 e. The lowest BCUT2D eigenvalue weighted by atomic mass is 10.0. The molecule has 0 aliphatic carbocycles. The van der Waals surface area contributed by atoms with Crippen LogP contribution in [0.2, 0.25) is 0 Å². The zero-order chi connectivity index (χ0) is 17.6. The Bertz CT molecular complexity index is 853. The average Bonchev–Trinajstić information content (AvgIpc) is 2.61. The fraction of sp³-hybridized carbons (Fsp3) is 0.211. The third kappa shape index (κ3) is 4.27. The highest BCUT2D eigenvalue weighted by Crippen LogP contribution is 2.28. The molecule has 6 heteroatoms. The third-order valence-electron chi connectivity index (χ3n) is 3.92. The molecule has 1 aromatic carbocycles. The first-order valence-electron chi connectivity index (χ1n) is 7.84. The molecule has 1 aliphatic rings. The number of hydrogen-bond acceptors (Lipinski definition) is 4. The van der Waals surface area contributed by atoms with Gasteiger partial charge >= 0.3 is 0 Å². The van der Waals surface area contributed by atoms with E-state index in [2.05, 4.69) is 22.0 Å². The number of nitrogens with zero attached hydrogens (tertiary/aromatic N) is 3. The van der Waals surface area contributed by atoms with Crippen LogP contribution in [0.1, 0.15) is 18.4 Å². The minimum Gasteiger partial charge on any atom is -0.354 e. The predicted octanol–water partition coefficient (Wildman–Crippen LogP) is 4.34. The molecule has 126 valence electrons. The number of nitroso groups, excluding NO2 is 1. The van der Waals surface area contributed by atoms with Crippen molar-refractivity contribution in [1.82, 2.24) is 4.98 Å². The van der Waals surface area contributed by atoms with Crippen LogP contribution >= 0.6 is 0 Å². The van der Waals surface area contributed by atoms with Crippen LogP contribution < -0.4 is 4.90 Å². The number of anilines is 1. The summed E-state index contributed by atoms with van der Waals surface area (Å²) >= 11 is 0. The van der Waals surface area contributed by atoms with E-state index in [9.17, 15) is 13.7 Å².